The molecule has 0 saturated carbocycles. The number of hydrogen-bond donors (Lipinski definition) is 0. The van der Waals surface area contributed by atoms with Crippen LogP contribution in [0.2, 0.25) is 0 Å². The Morgan fingerprint density at radius 3 is 2.94 bits per heavy atom. The van der Waals surface area contributed by atoms with Gasteiger partial charge in [-0.25, -0.2) is 0 Å². The predicted octanol–water partition coefficient (Wildman–Crippen LogP) is 3.55. The van der Waals surface area contributed by atoms with Gasteiger partial charge >= 0.3 is 0 Å². The highest BCUT2D eigenvalue weighted by molar-refractivity contribution is 8.13. The van der Waals surface area contributed by atoms with Crippen LogP contribution in [0.3, 0.4) is 0 Å². The lowest BCUT2D eigenvalue weighted by Crippen LogP contribution is -1.85. The standard InChI is InChI=1S/C14H15NOS/c1-11-6-7-13(14(9-11)10-15)5-3-4-8-17-12(2)16/h3,5-7,9H,4,8H2,1-2H3. The van der Waals surface area contributed by atoms with Crippen molar-refractivity contribution in [2.45, 2.75) is 20.3 Å². The maximum atomic E-state index is 10.7. The average Bonchev–Trinajstić information content (AvgIpc) is 2.29. The molecule has 3 heteroatoms. The highest BCUT2D eigenvalue weighted by atomic mass is 32.2. The first-order chi connectivity index (χ1) is 8.13. The SMILES string of the molecule is CC(=O)SCCC=Cc1ccc(C)cc1C#N. The molecule has 0 amide bonds. The molecule has 0 aromatic heterocycles. The lowest BCUT2D eigenvalue weighted by molar-refractivity contribution is -0.109. The summed E-state index contributed by atoms with van der Waals surface area (Å²) in [6, 6.07) is 8.00. The Balaban J connectivity index is 2.59. The minimum Gasteiger partial charge on any atom is -0.288 e. The van der Waals surface area contributed by atoms with E-state index >= 15 is 0 Å². The number of allylic oxidation sites excluding steroid dienone is 1. The van der Waals surface area contributed by atoms with Gasteiger partial charge < -0.3 is 0 Å². The summed E-state index contributed by atoms with van der Waals surface area (Å²) in [4.78, 5) is 10.7. The maximum absolute atomic E-state index is 10.7. The van der Waals surface area contributed by atoms with E-state index in [1.165, 1.54) is 11.8 Å². The summed E-state index contributed by atoms with van der Waals surface area (Å²) >= 11 is 1.32. The smallest absolute Gasteiger partial charge is 0.185 e. The van der Waals surface area contributed by atoms with Gasteiger partial charge in [-0.05, 0) is 30.5 Å². The van der Waals surface area contributed by atoms with Crippen LogP contribution in [0.4, 0.5) is 0 Å². The van der Waals surface area contributed by atoms with Gasteiger partial charge in [0.2, 0.25) is 0 Å². The minimum atomic E-state index is 0.145. The van der Waals surface area contributed by atoms with Crippen molar-refractivity contribution >= 4 is 23.0 Å². The molecule has 0 N–H and O–H groups in total. The molecule has 0 aliphatic heterocycles. The first-order valence-corrected chi connectivity index (χ1v) is 6.42. The molecule has 1 aromatic rings. The van der Waals surface area contributed by atoms with Crippen LogP contribution in [0.25, 0.3) is 6.08 Å². The second-order valence-electron chi connectivity index (χ2n) is 3.73. The van der Waals surface area contributed by atoms with Gasteiger partial charge in [-0.15, -0.1) is 0 Å². The number of carbonyl (C=O) groups is 1. The molecule has 0 unspecified atom stereocenters. The molecule has 88 valence electrons. The molecule has 0 fully saturated rings. The summed E-state index contributed by atoms with van der Waals surface area (Å²) in [6.07, 6.45) is 4.78. The largest absolute Gasteiger partial charge is 0.288 e. The highest BCUT2D eigenvalue weighted by Gasteiger charge is 1.98. The van der Waals surface area contributed by atoms with Gasteiger partial charge in [0.05, 0.1) is 11.6 Å². The number of carbonyl (C=O) groups excluding carboxylic acids is 1. The Kier molecular flexibility index (Phi) is 5.51. The molecule has 1 aromatic carbocycles. The third-order valence-corrected chi connectivity index (χ3v) is 3.06. The van der Waals surface area contributed by atoms with Gasteiger partial charge in [0.1, 0.15) is 0 Å². The zero-order valence-corrected chi connectivity index (χ0v) is 10.9. The molecule has 0 spiro atoms. The van der Waals surface area contributed by atoms with Gasteiger partial charge in [-0.3, -0.25) is 4.79 Å². The zero-order valence-electron chi connectivity index (χ0n) is 10.1. The van der Waals surface area contributed by atoms with Crippen molar-refractivity contribution in [2.24, 2.45) is 0 Å². The Bertz CT molecular complexity index is 472. The van der Waals surface area contributed by atoms with Crippen molar-refractivity contribution in [2.75, 3.05) is 5.75 Å². The molecule has 1 rings (SSSR count). The highest BCUT2D eigenvalue weighted by Crippen LogP contribution is 2.13. The molecule has 0 bridgehead atoms. The molecule has 0 saturated heterocycles. The van der Waals surface area contributed by atoms with Crippen molar-refractivity contribution in [3.8, 4) is 6.07 Å². The number of hydrogen-bond acceptors (Lipinski definition) is 3. The van der Waals surface area contributed by atoms with Crippen molar-refractivity contribution in [3.63, 3.8) is 0 Å². The Hall–Kier alpha value is -1.53. The minimum absolute atomic E-state index is 0.145. The molecule has 0 heterocycles. The lowest BCUT2D eigenvalue weighted by Gasteiger charge is -1.99. The van der Waals surface area contributed by atoms with Crippen LogP contribution in [0.15, 0.2) is 24.3 Å². The Morgan fingerprint density at radius 2 is 2.29 bits per heavy atom. The summed E-state index contributed by atoms with van der Waals surface area (Å²) in [5.41, 5.74) is 2.72. The van der Waals surface area contributed by atoms with E-state index < -0.39 is 0 Å². The van der Waals surface area contributed by atoms with Crippen LogP contribution in [-0.2, 0) is 4.79 Å². The van der Waals surface area contributed by atoms with Crippen molar-refractivity contribution < 1.29 is 4.79 Å². The van der Waals surface area contributed by atoms with Crippen LogP contribution in [0.5, 0.6) is 0 Å². The lowest BCUT2D eigenvalue weighted by atomic mass is 10.0. The second-order valence-corrected chi connectivity index (χ2v) is 5.01. The van der Waals surface area contributed by atoms with E-state index in [2.05, 4.69) is 6.07 Å². The summed E-state index contributed by atoms with van der Waals surface area (Å²) in [5, 5.41) is 9.13. The first-order valence-electron chi connectivity index (χ1n) is 5.44. The number of nitriles is 1. The average molecular weight is 245 g/mol. The fourth-order valence-corrected chi connectivity index (χ4v) is 1.93. The molecule has 2 nitrogen and oxygen atoms in total. The van der Waals surface area contributed by atoms with Crippen LogP contribution < -0.4 is 0 Å². The molecule has 0 atom stereocenters. The van der Waals surface area contributed by atoms with Crippen molar-refractivity contribution in [1.29, 1.82) is 5.26 Å². The number of aryl methyl sites for hydroxylation is 1. The molecule has 0 aliphatic rings. The maximum Gasteiger partial charge on any atom is 0.185 e. The van der Waals surface area contributed by atoms with E-state index in [4.69, 9.17) is 5.26 Å². The Labute approximate surface area is 106 Å². The molecule has 0 aliphatic carbocycles. The van der Waals surface area contributed by atoms with E-state index in [1.807, 2.05) is 37.3 Å². The predicted molar refractivity (Wildman–Crippen MR) is 72.7 cm³/mol. The number of benzene rings is 1. The summed E-state index contributed by atoms with van der Waals surface area (Å²) < 4.78 is 0. The second kappa shape index (κ2) is 6.93. The number of rotatable bonds is 4. The number of thioether (sulfide) groups is 1. The van der Waals surface area contributed by atoms with Crippen LogP contribution in [0, 0.1) is 18.3 Å². The Morgan fingerprint density at radius 1 is 1.53 bits per heavy atom. The fraction of sp³-hybridized carbons (Fsp3) is 0.286. The van der Waals surface area contributed by atoms with E-state index in [0.29, 0.717) is 5.56 Å². The molecular weight excluding hydrogens is 230 g/mol. The van der Waals surface area contributed by atoms with Crippen molar-refractivity contribution in [1.82, 2.24) is 0 Å². The van der Waals surface area contributed by atoms with E-state index in [-0.39, 0.29) is 5.12 Å². The molecule has 17 heavy (non-hydrogen) atoms. The summed E-state index contributed by atoms with van der Waals surface area (Å²) in [7, 11) is 0. The van der Waals surface area contributed by atoms with Gasteiger partial charge in [0.25, 0.3) is 0 Å². The monoisotopic (exact) mass is 245 g/mol. The molecular formula is C14H15NOS. The third-order valence-electron chi connectivity index (χ3n) is 2.22. The fourth-order valence-electron chi connectivity index (χ4n) is 1.39. The topological polar surface area (TPSA) is 40.9 Å². The van der Waals surface area contributed by atoms with E-state index in [1.54, 1.807) is 6.92 Å². The van der Waals surface area contributed by atoms with Gasteiger partial charge in [-0.1, -0.05) is 36.0 Å². The first kappa shape index (κ1) is 13.5. The van der Waals surface area contributed by atoms with Gasteiger partial charge in [0, 0.05) is 12.7 Å². The van der Waals surface area contributed by atoms with Crippen molar-refractivity contribution in [3.05, 3.63) is 41.0 Å². The third kappa shape index (κ3) is 4.88. The van der Waals surface area contributed by atoms with Crippen LogP contribution in [0.1, 0.15) is 30.0 Å². The molecule has 0 radical (unpaired) electrons. The normalized spacial score (nSPS) is 10.4. The van der Waals surface area contributed by atoms with Crippen LogP contribution >= 0.6 is 11.8 Å². The van der Waals surface area contributed by atoms with E-state index in [9.17, 15) is 4.79 Å². The van der Waals surface area contributed by atoms with Gasteiger partial charge in [0.15, 0.2) is 5.12 Å². The summed E-state index contributed by atoms with van der Waals surface area (Å²) in [6.45, 7) is 3.54. The van der Waals surface area contributed by atoms with E-state index in [0.717, 1.165) is 23.3 Å². The zero-order chi connectivity index (χ0) is 12.7. The van der Waals surface area contributed by atoms with Crippen LogP contribution in [-0.4, -0.2) is 10.9 Å². The number of nitrogens with zero attached hydrogens (tertiary/aromatic N) is 1. The van der Waals surface area contributed by atoms with Gasteiger partial charge in [-0.2, -0.15) is 5.26 Å². The summed E-state index contributed by atoms with van der Waals surface area (Å²) in [5.74, 6) is 0.791. The quantitative estimate of drug-likeness (QED) is 0.762.